The van der Waals surface area contributed by atoms with E-state index in [1.165, 1.54) is 0 Å². The molecule has 0 aromatic heterocycles. The highest BCUT2D eigenvalue weighted by molar-refractivity contribution is 5.76. The fraction of sp³-hybridized carbons (Fsp3) is 0.846. The zero-order chi connectivity index (χ0) is 16.1. The molecule has 0 radical (unpaired) electrons. The molecule has 0 atom stereocenters. The molecule has 0 rings (SSSR count). The number of nitrogens with one attached hydrogen (secondary N) is 2. The standard InChI is InChI=1S/C13H26N2O6/c1-13(2,3)21-12(18)15-5-7-20-9-8-19-6-4-14-11(17)10-16/h16H,4-10H2,1-3H3,(H,14,17)(H,15,18). The van der Waals surface area contributed by atoms with Crippen LogP contribution >= 0.6 is 0 Å². The number of carbonyl (C=O) groups is 2. The van der Waals surface area contributed by atoms with E-state index in [-0.39, 0.29) is 0 Å². The summed E-state index contributed by atoms with van der Waals surface area (Å²) in [5.74, 6) is -0.428. The normalized spacial score (nSPS) is 11.0. The molecule has 0 unspecified atom stereocenters. The average Bonchev–Trinajstić information content (AvgIpc) is 2.38. The molecule has 0 fully saturated rings. The Balaban J connectivity index is 3.26. The minimum absolute atomic E-state index is 0.347. The lowest BCUT2D eigenvalue weighted by Gasteiger charge is -2.19. The van der Waals surface area contributed by atoms with Gasteiger partial charge in [0.25, 0.3) is 0 Å². The van der Waals surface area contributed by atoms with Gasteiger partial charge in [-0.2, -0.15) is 0 Å². The van der Waals surface area contributed by atoms with Crippen LogP contribution in [-0.2, 0) is 19.0 Å². The summed E-state index contributed by atoms with van der Waals surface area (Å²) >= 11 is 0. The first-order valence-electron chi connectivity index (χ1n) is 6.85. The van der Waals surface area contributed by atoms with Crippen molar-refractivity contribution in [1.29, 1.82) is 0 Å². The van der Waals surface area contributed by atoms with Crippen molar-refractivity contribution in [3.63, 3.8) is 0 Å². The lowest BCUT2D eigenvalue weighted by Crippen LogP contribution is -2.34. The van der Waals surface area contributed by atoms with Gasteiger partial charge in [0.1, 0.15) is 12.2 Å². The molecule has 0 aromatic carbocycles. The van der Waals surface area contributed by atoms with Crippen LogP contribution in [0.5, 0.6) is 0 Å². The molecule has 0 saturated heterocycles. The van der Waals surface area contributed by atoms with Crippen molar-refractivity contribution in [2.75, 3.05) is 46.1 Å². The summed E-state index contributed by atoms with van der Waals surface area (Å²) in [6, 6.07) is 0. The summed E-state index contributed by atoms with van der Waals surface area (Å²) in [5.41, 5.74) is -0.510. The van der Waals surface area contributed by atoms with Gasteiger partial charge in [0.05, 0.1) is 26.4 Å². The van der Waals surface area contributed by atoms with Crippen molar-refractivity contribution in [2.24, 2.45) is 0 Å². The summed E-state index contributed by atoms with van der Waals surface area (Å²) in [4.78, 5) is 22.0. The number of carbonyl (C=O) groups excluding carboxylic acids is 2. The van der Waals surface area contributed by atoms with Crippen molar-refractivity contribution < 1.29 is 28.9 Å². The van der Waals surface area contributed by atoms with Crippen molar-refractivity contribution in [2.45, 2.75) is 26.4 Å². The van der Waals surface area contributed by atoms with Crippen LogP contribution in [0.25, 0.3) is 0 Å². The average molecular weight is 306 g/mol. The SMILES string of the molecule is CC(C)(C)OC(=O)NCCOCCOCCNC(=O)CO. The fourth-order valence-corrected chi connectivity index (χ4v) is 1.18. The van der Waals surface area contributed by atoms with Gasteiger partial charge in [-0.3, -0.25) is 4.79 Å². The van der Waals surface area contributed by atoms with Crippen LogP contribution in [0.1, 0.15) is 20.8 Å². The molecule has 0 bridgehead atoms. The predicted molar refractivity (Wildman–Crippen MR) is 76.0 cm³/mol. The molecule has 21 heavy (non-hydrogen) atoms. The van der Waals surface area contributed by atoms with Crippen molar-refractivity contribution in [1.82, 2.24) is 10.6 Å². The smallest absolute Gasteiger partial charge is 0.407 e. The van der Waals surface area contributed by atoms with Crippen LogP contribution in [0.4, 0.5) is 4.79 Å². The van der Waals surface area contributed by atoms with Gasteiger partial charge >= 0.3 is 6.09 Å². The number of ether oxygens (including phenoxy) is 3. The van der Waals surface area contributed by atoms with Crippen molar-refractivity contribution in [3.05, 3.63) is 0 Å². The molecule has 8 nitrogen and oxygen atoms in total. The number of hydrogen-bond donors (Lipinski definition) is 3. The lowest BCUT2D eigenvalue weighted by atomic mass is 10.2. The van der Waals surface area contributed by atoms with Gasteiger partial charge in [-0.05, 0) is 20.8 Å². The largest absolute Gasteiger partial charge is 0.444 e. The highest BCUT2D eigenvalue weighted by Crippen LogP contribution is 2.05. The predicted octanol–water partition coefficient (Wildman–Crippen LogP) is -0.347. The van der Waals surface area contributed by atoms with E-state index >= 15 is 0 Å². The molecule has 0 saturated carbocycles. The van der Waals surface area contributed by atoms with Crippen molar-refractivity contribution >= 4 is 12.0 Å². The Kier molecular flexibility index (Phi) is 10.6. The molecule has 2 amide bonds. The maximum absolute atomic E-state index is 11.3. The number of aliphatic hydroxyl groups excluding tert-OH is 1. The molecule has 8 heteroatoms. The first-order chi connectivity index (χ1) is 9.85. The van der Waals surface area contributed by atoms with E-state index in [0.717, 1.165) is 0 Å². The molecule has 124 valence electrons. The summed E-state index contributed by atoms with van der Waals surface area (Å²) < 4.78 is 15.5. The van der Waals surface area contributed by atoms with Crippen LogP contribution < -0.4 is 10.6 Å². The van der Waals surface area contributed by atoms with Crippen LogP contribution in [0.3, 0.4) is 0 Å². The van der Waals surface area contributed by atoms with E-state index in [2.05, 4.69) is 10.6 Å². The number of hydrogen-bond acceptors (Lipinski definition) is 6. The zero-order valence-corrected chi connectivity index (χ0v) is 12.9. The number of amides is 2. The van der Waals surface area contributed by atoms with Gasteiger partial charge in [0.15, 0.2) is 0 Å². The van der Waals surface area contributed by atoms with E-state index in [1.807, 2.05) is 0 Å². The lowest BCUT2D eigenvalue weighted by molar-refractivity contribution is -0.124. The van der Waals surface area contributed by atoms with Gasteiger partial charge in [-0.15, -0.1) is 0 Å². The van der Waals surface area contributed by atoms with Gasteiger partial charge in [-0.1, -0.05) is 0 Å². The maximum Gasteiger partial charge on any atom is 0.407 e. The topological polar surface area (TPSA) is 106 Å². The Labute approximate surface area is 125 Å². The van der Waals surface area contributed by atoms with Gasteiger partial charge < -0.3 is 30.0 Å². The highest BCUT2D eigenvalue weighted by Gasteiger charge is 2.15. The third-order valence-corrected chi connectivity index (χ3v) is 2.00. The molecule has 0 spiro atoms. The Hall–Kier alpha value is -1.38. The third-order valence-electron chi connectivity index (χ3n) is 2.00. The minimum Gasteiger partial charge on any atom is -0.444 e. The van der Waals surface area contributed by atoms with E-state index in [0.29, 0.717) is 39.5 Å². The molecule has 0 aliphatic heterocycles. The van der Waals surface area contributed by atoms with Crippen LogP contribution in [0.15, 0.2) is 0 Å². The van der Waals surface area contributed by atoms with Gasteiger partial charge in [-0.25, -0.2) is 4.79 Å². The first kappa shape index (κ1) is 19.6. The fourth-order valence-electron chi connectivity index (χ4n) is 1.18. The van der Waals surface area contributed by atoms with E-state index in [1.54, 1.807) is 20.8 Å². The summed E-state index contributed by atoms with van der Waals surface area (Å²) in [6.45, 7) is 7.07. The van der Waals surface area contributed by atoms with E-state index in [9.17, 15) is 9.59 Å². The van der Waals surface area contributed by atoms with Crippen LogP contribution in [-0.4, -0.2) is 68.8 Å². The number of aliphatic hydroxyl groups is 1. The van der Waals surface area contributed by atoms with Gasteiger partial charge in [0, 0.05) is 13.1 Å². The zero-order valence-electron chi connectivity index (χ0n) is 12.9. The monoisotopic (exact) mass is 306 g/mol. The Morgan fingerprint density at radius 3 is 1.95 bits per heavy atom. The molecular formula is C13H26N2O6. The van der Waals surface area contributed by atoms with Gasteiger partial charge in [0.2, 0.25) is 5.91 Å². The quantitative estimate of drug-likeness (QED) is 0.477. The Morgan fingerprint density at radius 2 is 1.48 bits per heavy atom. The minimum atomic E-state index is -0.520. The number of alkyl carbamates (subject to hydrolysis) is 1. The second-order valence-electron chi connectivity index (χ2n) is 5.16. The van der Waals surface area contributed by atoms with Crippen LogP contribution in [0, 0.1) is 0 Å². The molecule has 0 heterocycles. The highest BCUT2D eigenvalue weighted by atomic mass is 16.6. The maximum atomic E-state index is 11.3. The Morgan fingerprint density at radius 1 is 0.952 bits per heavy atom. The molecule has 0 aliphatic carbocycles. The molecule has 3 N–H and O–H groups in total. The summed E-state index contributed by atoms with van der Waals surface area (Å²) in [6.07, 6.45) is -0.470. The summed E-state index contributed by atoms with van der Waals surface area (Å²) in [5, 5.41) is 13.5. The second-order valence-corrected chi connectivity index (χ2v) is 5.16. The first-order valence-corrected chi connectivity index (χ1v) is 6.85. The summed E-state index contributed by atoms with van der Waals surface area (Å²) in [7, 11) is 0. The van der Waals surface area contributed by atoms with Crippen LogP contribution in [0.2, 0.25) is 0 Å². The second kappa shape index (κ2) is 11.3. The third kappa shape index (κ3) is 14.8. The number of rotatable bonds is 10. The van der Waals surface area contributed by atoms with Crippen molar-refractivity contribution in [3.8, 4) is 0 Å². The molecule has 0 aromatic rings. The molecule has 0 aliphatic rings. The van der Waals surface area contributed by atoms with E-state index < -0.39 is 24.2 Å². The van der Waals surface area contributed by atoms with E-state index in [4.69, 9.17) is 19.3 Å². The Bertz CT molecular complexity index is 304. The molecular weight excluding hydrogens is 280 g/mol.